The first-order valence-electron chi connectivity index (χ1n) is 13.2. The average Bonchev–Trinajstić information content (AvgIpc) is 3.26. The lowest BCUT2D eigenvalue weighted by Crippen LogP contribution is -2.56. The van der Waals surface area contributed by atoms with E-state index in [1.165, 1.54) is 57.8 Å². The summed E-state index contributed by atoms with van der Waals surface area (Å²) in [5, 5.41) is 9.22. The van der Waals surface area contributed by atoms with Crippen molar-refractivity contribution in [2.45, 2.75) is 112 Å². The molecule has 30 heavy (non-hydrogen) atoms. The zero-order chi connectivity index (χ0) is 21.7. The first kappa shape index (κ1) is 21.3. The molecule has 0 saturated heterocycles. The monoisotopic (exact) mass is 414 g/mol. The Labute approximate surface area is 185 Å². The largest absolute Gasteiger partial charge is 0.481 e. The van der Waals surface area contributed by atoms with Crippen molar-refractivity contribution < 1.29 is 9.90 Å². The average molecular weight is 415 g/mol. The van der Waals surface area contributed by atoms with Gasteiger partial charge in [0.2, 0.25) is 0 Å². The van der Waals surface area contributed by atoms with E-state index in [2.05, 4.69) is 41.5 Å². The fourth-order valence-corrected chi connectivity index (χ4v) is 11.0. The van der Waals surface area contributed by atoms with Crippen LogP contribution in [0.25, 0.3) is 0 Å². The minimum Gasteiger partial charge on any atom is -0.481 e. The maximum atomic E-state index is 11.2. The number of rotatable bonds is 4. The molecule has 0 heterocycles. The van der Waals surface area contributed by atoms with E-state index in [9.17, 15) is 9.90 Å². The van der Waals surface area contributed by atoms with Crippen LogP contribution in [0.2, 0.25) is 0 Å². The summed E-state index contributed by atoms with van der Waals surface area (Å²) in [5.41, 5.74) is 2.71. The Balaban J connectivity index is 1.44. The number of aliphatic carboxylic acids is 1. The van der Waals surface area contributed by atoms with Crippen molar-refractivity contribution in [2.24, 2.45) is 56.7 Å². The van der Waals surface area contributed by atoms with E-state index in [-0.39, 0.29) is 0 Å². The molecule has 5 aliphatic carbocycles. The van der Waals surface area contributed by atoms with Crippen molar-refractivity contribution in [1.29, 1.82) is 0 Å². The minimum atomic E-state index is -0.622. The molecule has 2 nitrogen and oxygen atoms in total. The fourth-order valence-electron chi connectivity index (χ4n) is 11.0. The smallest absolute Gasteiger partial charge is 0.303 e. The van der Waals surface area contributed by atoms with Crippen molar-refractivity contribution in [3.8, 4) is 0 Å². The molecular formula is C28H46O2. The van der Waals surface area contributed by atoms with Crippen molar-refractivity contribution >= 4 is 5.97 Å². The summed E-state index contributed by atoms with van der Waals surface area (Å²) in [6.07, 6.45) is 14.2. The summed E-state index contributed by atoms with van der Waals surface area (Å²) in [7, 11) is 0. The zero-order valence-corrected chi connectivity index (χ0v) is 20.5. The lowest BCUT2D eigenvalue weighted by molar-refractivity contribution is -0.150. The maximum absolute atomic E-state index is 11.2. The molecule has 9 atom stereocenters. The summed E-state index contributed by atoms with van der Waals surface area (Å²) in [6, 6.07) is 0. The van der Waals surface area contributed by atoms with Crippen LogP contribution in [0.3, 0.4) is 0 Å². The molecule has 1 N–H and O–H groups in total. The van der Waals surface area contributed by atoms with Gasteiger partial charge in [0.15, 0.2) is 0 Å². The Kier molecular flexibility index (Phi) is 4.47. The van der Waals surface area contributed by atoms with Crippen molar-refractivity contribution in [3.63, 3.8) is 0 Å². The molecule has 0 aromatic rings. The van der Waals surface area contributed by atoms with Gasteiger partial charge < -0.3 is 5.11 Å². The normalized spacial score (nSPS) is 54.3. The van der Waals surface area contributed by atoms with E-state index in [4.69, 9.17) is 0 Å². The van der Waals surface area contributed by atoms with Crippen LogP contribution in [-0.4, -0.2) is 11.1 Å². The first-order valence-corrected chi connectivity index (χ1v) is 13.2. The number of fused-ring (bicyclic) bond motifs is 2. The summed E-state index contributed by atoms with van der Waals surface area (Å²) in [5.74, 6) is 3.38. The molecule has 5 aliphatic rings. The van der Waals surface area contributed by atoms with Crippen LogP contribution in [0, 0.1) is 56.7 Å². The Morgan fingerprint density at radius 2 is 1.57 bits per heavy atom. The van der Waals surface area contributed by atoms with Crippen molar-refractivity contribution in [2.75, 3.05) is 0 Å². The first-order chi connectivity index (χ1) is 13.9. The summed E-state index contributed by atoms with van der Waals surface area (Å²) in [4.78, 5) is 11.2. The number of carboxylic acid groups (broad SMARTS) is 1. The second kappa shape index (κ2) is 6.28. The van der Waals surface area contributed by atoms with E-state index in [0.29, 0.717) is 39.4 Å². The van der Waals surface area contributed by atoms with Gasteiger partial charge in [-0.25, -0.2) is 0 Å². The molecule has 5 fully saturated rings. The predicted molar refractivity (Wildman–Crippen MR) is 122 cm³/mol. The van der Waals surface area contributed by atoms with Crippen LogP contribution in [0.1, 0.15) is 112 Å². The molecule has 0 aromatic heterocycles. The van der Waals surface area contributed by atoms with Gasteiger partial charge in [-0.1, -0.05) is 41.5 Å². The number of carbonyl (C=O) groups is 1. The number of hydrogen-bond donors (Lipinski definition) is 1. The Morgan fingerprint density at radius 3 is 2.27 bits per heavy atom. The van der Waals surface area contributed by atoms with Crippen molar-refractivity contribution in [1.82, 2.24) is 0 Å². The topological polar surface area (TPSA) is 37.3 Å². The highest BCUT2D eigenvalue weighted by molar-refractivity contribution is 5.66. The molecule has 5 rings (SSSR count). The van der Waals surface area contributed by atoms with E-state index in [1.807, 2.05) is 0 Å². The molecule has 0 radical (unpaired) electrons. The van der Waals surface area contributed by atoms with E-state index in [1.54, 1.807) is 0 Å². The van der Waals surface area contributed by atoms with Gasteiger partial charge in [0.05, 0.1) is 0 Å². The van der Waals surface area contributed by atoms with Gasteiger partial charge in [-0.3, -0.25) is 4.79 Å². The number of carboxylic acids is 1. The lowest BCUT2D eigenvalue weighted by Gasteiger charge is -2.63. The summed E-state index contributed by atoms with van der Waals surface area (Å²) >= 11 is 0. The minimum absolute atomic E-state index is 0.343. The van der Waals surface area contributed by atoms with Gasteiger partial charge in [0, 0.05) is 6.42 Å². The third-order valence-electron chi connectivity index (χ3n) is 13.2. The number of hydrogen-bond acceptors (Lipinski definition) is 1. The molecule has 0 bridgehead atoms. The van der Waals surface area contributed by atoms with Crippen LogP contribution < -0.4 is 0 Å². The molecule has 2 heteroatoms. The van der Waals surface area contributed by atoms with Gasteiger partial charge in [0.25, 0.3) is 0 Å². The Bertz CT molecular complexity index is 741. The summed E-state index contributed by atoms with van der Waals surface area (Å²) < 4.78 is 0. The molecule has 0 amide bonds. The third kappa shape index (κ3) is 2.35. The predicted octanol–water partition coefficient (Wildman–Crippen LogP) is 7.56. The Morgan fingerprint density at radius 1 is 0.900 bits per heavy atom. The quantitative estimate of drug-likeness (QED) is 0.515. The molecule has 170 valence electrons. The fraction of sp³-hybridized carbons (Fsp3) is 0.964. The molecule has 0 aromatic carbocycles. The van der Waals surface area contributed by atoms with Crippen LogP contribution in [0.4, 0.5) is 0 Å². The van der Waals surface area contributed by atoms with E-state index in [0.717, 1.165) is 30.1 Å². The SMILES string of the molecule is C[C@H](CCC(=O)O)C1CC[C@@]2(C)[C@@H]3CC[C@H]4C(C)(C)[C@@H](C)CC[C@@]45C[C@@]35CC[C@]12C. The molecule has 1 unspecified atom stereocenters. The highest BCUT2D eigenvalue weighted by atomic mass is 16.4. The van der Waals surface area contributed by atoms with Gasteiger partial charge in [-0.05, 0) is 121 Å². The van der Waals surface area contributed by atoms with E-state index < -0.39 is 5.97 Å². The lowest BCUT2D eigenvalue weighted by atomic mass is 9.41. The molecule has 5 saturated carbocycles. The molecule has 2 spiro atoms. The Hall–Kier alpha value is -0.530. The van der Waals surface area contributed by atoms with Gasteiger partial charge >= 0.3 is 5.97 Å². The highest BCUT2D eigenvalue weighted by Crippen LogP contribution is 2.89. The van der Waals surface area contributed by atoms with Crippen LogP contribution in [0.5, 0.6) is 0 Å². The standard InChI is InChI=1S/C28H46O2/c1-18(7-10-23(29)30)20-12-13-26(6)22-9-8-21-24(3,4)19(2)11-14-27(21)17-28(22,27)16-15-25(20,26)5/h18-22H,7-17H2,1-6H3,(H,29,30)/t18-,19+,20?,21+,22+,25-,26+,27-,28+/m1/s1. The maximum Gasteiger partial charge on any atom is 0.303 e. The van der Waals surface area contributed by atoms with Crippen LogP contribution >= 0.6 is 0 Å². The van der Waals surface area contributed by atoms with Crippen molar-refractivity contribution in [3.05, 3.63) is 0 Å². The second-order valence-corrected chi connectivity index (χ2v) is 13.8. The second-order valence-electron chi connectivity index (χ2n) is 13.8. The van der Waals surface area contributed by atoms with E-state index >= 15 is 0 Å². The van der Waals surface area contributed by atoms with Gasteiger partial charge in [-0.15, -0.1) is 0 Å². The molecular weight excluding hydrogens is 368 g/mol. The van der Waals surface area contributed by atoms with Gasteiger partial charge in [-0.2, -0.15) is 0 Å². The van der Waals surface area contributed by atoms with Crippen LogP contribution in [-0.2, 0) is 4.79 Å². The zero-order valence-electron chi connectivity index (χ0n) is 20.5. The summed E-state index contributed by atoms with van der Waals surface area (Å²) in [6.45, 7) is 15.4. The third-order valence-corrected chi connectivity index (χ3v) is 13.2. The molecule has 0 aliphatic heterocycles. The highest BCUT2D eigenvalue weighted by Gasteiger charge is 2.81. The van der Waals surface area contributed by atoms with Crippen LogP contribution in [0.15, 0.2) is 0 Å². The van der Waals surface area contributed by atoms with Gasteiger partial charge in [0.1, 0.15) is 0 Å².